The molecule has 2 aliphatic rings. The third-order valence-corrected chi connectivity index (χ3v) is 6.93. The number of aromatic nitrogens is 1. The molecule has 0 radical (unpaired) electrons. The van der Waals surface area contributed by atoms with Gasteiger partial charge in [0.05, 0.1) is 13.0 Å². The number of likely N-dealkylation sites (tertiary alicyclic amines) is 1. The van der Waals surface area contributed by atoms with E-state index in [1.54, 1.807) is 18.1 Å². The van der Waals surface area contributed by atoms with E-state index in [1.165, 1.54) is 0 Å². The molecule has 3 amide bonds. The van der Waals surface area contributed by atoms with Gasteiger partial charge in [0.15, 0.2) is 0 Å². The van der Waals surface area contributed by atoms with Crippen LogP contribution in [0.2, 0.25) is 0 Å². The van der Waals surface area contributed by atoms with Crippen molar-refractivity contribution in [2.45, 2.75) is 58.5 Å². The zero-order valence-electron chi connectivity index (χ0n) is 21.5. The van der Waals surface area contributed by atoms with Crippen molar-refractivity contribution in [2.24, 2.45) is 11.8 Å². The van der Waals surface area contributed by atoms with Gasteiger partial charge in [0.2, 0.25) is 11.8 Å². The van der Waals surface area contributed by atoms with Crippen LogP contribution in [0.25, 0.3) is 5.76 Å². The molecule has 0 saturated carbocycles. The third kappa shape index (κ3) is 5.64. The summed E-state index contributed by atoms with van der Waals surface area (Å²) in [5, 5.41) is 5.91. The Morgan fingerprint density at radius 1 is 1.19 bits per heavy atom. The fourth-order valence-corrected chi connectivity index (χ4v) is 5.11. The molecule has 4 rings (SSSR count). The summed E-state index contributed by atoms with van der Waals surface area (Å²) < 4.78 is 5.44. The van der Waals surface area contributed by atoms with Gasteiger partial charge in [0.1, 0.15) is 17.5 Å². The molecule has 1 aliphatic carbocycles. The number of amides is 3. The molecule has 1 saturated heterocycles. The van der Waals surface area contributed by atoms with Gasteiger partial charge in [-0.05, 0) is 62.8 Å². The van der Waals surface area contributed by atoms with E-state index in [4.69, 9.17) is 4.74 Å². The van der Waals surface area contributed by atoms with Gasteiger partial charge in [-0.15, -0.1) is 0 Å². The number of para-hydroxylation sites is 1. The summed E-state index contributed by atoms with van der Waals surface area (Å²) in [6.07, 6.45) is 4.77. The summed E-state index contributed by atoms with van der Waals surface area (Å²) in [6, 6.07) is 10.3. The monoisotopic (exact) mass is 492 g/mol. The van der Waals surface area contributed by atoms with Crippen LogP contribution in [0.5, 0.6) is 0 Å². The summed E-state index contributed by atoms with van der Waals surface area (Å²) in [4.78, 5) is 44.6. The molecule has 0 bridgehead atoms. The highest BCUT2D eigenvalue weighted by atomic mass is 16.5. The van der Waals surface area contributed by atoms with Crippen LogP contribution < -0.4 is 10.6 Å². The van der Waals surface area contributed by atoms with Gasteiger partial charge in [-0.25, -0.2) is 0 Å². The molecule has 2 heterocycles. The van der Waals surface area contributed by atoms with E-state index in [0.29, 0.717) is 25.1 Å². The number of nitrogens with zero attached hydrogens (tertiary/aromatic N) is 1. The van der Waals surface area contributed by atoms with Crippen LogP contribution in [-0.2, 0) is 20.7 Å². The number of allylic oxidation sites excluding steroid dienone is 1. The summed E-state index contributed by atoms with van der Waals surface area (Å²) in [7, 11) is 1.62. The summed E-state index contributed by atoms with van der Waals surface area (Å²) >= 11 is 0. The van der Waals surface area contributed by atoms with Crippen molar-refractivity contribution in [1.82, 2.24) is 15.2 Å². The number of aryl methyl sites for hydroxylation is 1. The zero-order valence-corrected chi connectivity index (χ0v) is 21.5. The lowest BCUT2D eigenvalue weighted by molar-refractivity contribution is -0.134. The molecule has 1 fully saturated rings. The average molecular weight is 493 g/mol. The Kier molecular flexibility index (Phi) is 7.82. The third-order valence-electron chi connectivity index (χ3n) is 6.93. The van der Waals surface area contributed by atoms with E-state index in [-0.39, 0.29) is 35.6 Å². The quantitative estimate of drug-likeness (QED) is 0.519. The minimum atomic E-state index is -0.673. The molecule has 2 aromatic rings. The van der Waals surface area contributed by atoms with Crippen LogP contribution in [0.1, 0.15) is 61.8 Å². The predicted molar refractivity (Wildman–Crippen MR) is 139 cm³/mol. The number of hydrogen-bond donors (Lipinski definition) is 3. The Hall–Kier alpha value is -3.55. The summed E-state index contributed by atoms with van der Waals surface area (Å²) in [6.45, 7) is 6.35. The van der Waals surface area contributed by atoms with E-state index >= 15 is 0 Å². The van der Waals surface area contributed by atoms with Crippen molar-refractivity contribution in [2.75, 3.05) is 19.0 Å². The Morgan fingerprint density at radius 3 is 2.64 bits per heavy atom. The number of H-pyrrole nitrogens is 1. The van der Waals surface area contributed by atoms with Crippen molar-refractivity contribution >= 4 is 29.2 Å². The van der Waals surface area contributed by atoms with Crippen molar-refractivity contribution in [1.29, 1.82) is 0 Å². The van der Waals surface area contributed by atoms with Gasteiger partial charge in [0.25, 0.3) is 5.91 Å². The number of fused-ring (bicyclic) bond motifs is 1. The fourth-order valence-electron chi connectivity index (χ4n) is 5.11. The maximum absolute atomic E-state index is 13.6. The highest BCUT2D eigenvalue weighted by molar-refractivity contribution is 5.98. The maximum atomic E-state index is 13.6. The Bertz CT molecular complexity index is 1140. The topological polar surface area (TPSA) is 104 Å². The number of rotatable bonds is 8. The standard InChI is InChI=1S/C28H36N4O4/c1-17(2)13-24(31-27(34)23-15-21-22(30-23)11-8-12-25(21)36-4)28(35)32-16-19(14-18(32)3)26(33)29-20-9-6-5-7-10-20/h5-7,9-10,12,15,17-19,24,30H,8,11,13-14,16H2,1-4H3,(H,29,33)(H,31,34). The van der Waals surface area contributed by atoms with Gasteiger partial charge in [-0.2, -0.15) is 0 Å². The molecule has 1 aromatic heterocycles. The van der Waals surface area contributed by atoms with Crippen molar-refractivity contribution in [3.05, 3.63) is 59.4 Å². The van der Waals surface area contributed by atoms with Crippen molar-refractivity contribution < 1.29 is 19.1 Å². The smallest absolute Gasteiger partial charge is 0.268 e. The average Bonchev–Trinajstić information content (AvgIpc) is 3.47. The second-order valence-electron chi connectivity index (χ2n) is 10.2. The molecule has 1 aliphatic heterocycles. The lowest BCUT2D eigenvalue weighted by Gasteiger charge is -2.28. The van der Waals surface area contributed by atoms with Crippen LogP contribution in [0, 0.1) is 11.8 Å². The van der Waals surface area contributed by atoms with Crippen LogP contribution in [0.4, 0.5) is 5.69 Å². The molecule has 3 unspecified atom stereocenters. The molecular formula is C28H36N4O4. The molecular weight excluding hydrogens is 456 g/mol. The summed E-state index contributed by atoms with van der Waals surface area (Å²) in [5.41, 5.74) is 3.01. The zero-order chi connectivity index (χ0) is 25.8. The maximum Gasteiger partial charge on any atom is 0.268 e. The number of ether oxygens (including phenoxy) is 1. The van der Waals surface area contributed by atoms with Crippen molar-refractivity contribution in [3.8, 4) is 0 Å². The number of nitrogens with one attached hydrogen (secondary N) is 3. The Balaban J connectivity index is 1.44. The first kappa shape index (κ1) is 25.5. The first-order valence-electron chi connectivity index (χ1n) is 12.7. The second kappa shape index (κ2) is 11.0. The number of carbonyl (C=O) groups is 3. The second-order valence-corrected chi connectivity index (χ2v) is 10.2. The molecule has 3 atom stereocenters. The van der Waals surface area contributed by atoms with E-state index in [1.807, 2.05) is 57.2 Å². The summed E-state index contributed by atoms with van der Waals surface area (Å²) in [5.74, 6) is 0.111. The number of carbonyl (C=O) groups excluding carboxylic acids is 3. The molecule has 36 heavy (non-hydrogen) atoms. The van der Waals surface area contributed by atoms with Crippen LogP contribution in [-0.4, -0.2) is 53.3 Å². The number of aromatic amines is 1. The SMILES string of the molecule is COC1=CCCc2[nH]c(C(=O)NC(CC(C)C)C(=O)N3CC(C(=O)Nc4ccccc4)CC3C)cc21. The van der Waals surface area contributed by atoms with Crippen LogP contribution in [0.15, 0.2) is 42.5 Å². The number of benzene rings is 1. The van der Waals surface area contributed by atoms with Crippen molar-refractivity contribution in [3.63, 3.8) is 0 Å². The number of hydrogen-bond acceptors (Lipinski definition) is 4. The van der Waals surface area contributed by atoms with Gasteiger partial charge < -0.3 is 25.3 Å². The first-order chi connectivity index (χ1) is 17.3. The lowest BCUT2D eigenvalue weighted by Crippen LogP contribution is -2.50. The van der Waals surface area contributed by atoms with E-state index in [9.17, 15) is 14.4 Å². The highest BCUT2D eigenvalue weighted by Gasteiger charge is 2.39. The first-order valence-corrected chi connectivity index (χ1v) is 12.7. The Morgan fingerprint density at radius 2 is 1.94 bits per heavy atom. The van der Waals surface area contributed by atoms with E-state index < -0.39 is 6.04 Å². The van der Waals surface area contributed by atoms with Crippen LogP contribution >= 0.6 is 0 Å². The largest absolute Gasteiger partial charge is 0.496 e. The molecule has 1 aromatic carbocycles. The van der Waals surface area contributed by atoms with Gasteiger partial charge in [-0.1, -0.05) is 32.0 Å². The molecule has 8 nitrogen and oxygen atoms in total. The van der Waals surface area contributed by atoms with Crippen LogP contribution in [0.3, 0.4) is 0 Å². The minimum Gasteiger partial charge on any atom is -0.496 e. The number of methoxy groups -OCH3 is 1. The molecule has 192 valence electrons. The van der Waals surface area contributed by atoms with E-state index in [2.05, 4.69) is 15.6 Å². The Labute approximate surface area is 212 Å². The molecule has 8 heteroatoms. The number of anilines is 1. The highest BCUT2D eigenvalue weighted by Crippen LogP contribution is 2.28. The fraction of sp³-hybridized carbons (Fsp3) is 0.464. The van der Waals surface area contributed by atoms with Gasteiger partial charge in [0, 0.05) is 29.5 Å². The molecule has 0 spiro atoms. The normalized spacial score (nSPS) is 19.9. The van der Waals surface area contributed by atoms with Gasteiger partial charge >= 0.3 is 0 Å². The minimum absolute atomic E-state index is 0.0910. The van der Waals surface area contributed by atoms with E-state index in [0.717, 1.165) is 35.5 Å². The van der Waals surface area contributed by atoms with Gasteiger partial charge in [-0.3, -0.25) is 14.4 Å². The lowest BCUT2D eigenvalue weighted by atomic mass is 10.0. The predicted octanol–water partition coefficient (Wildman–Crippen LogP) is 3.97. The molecule has 3 N–H and O–H groups in total.